The Labute approximate surface area is 117 Å². The molecule has 0 saturated carbocycles. The van der Waals surface area contributed by atoms with Gasteiger partial charge in [0.05, 0.1) is 24.1 Å². The number of hydrogen-bond acceptors (Lipinski definition) is 5. The van der Waals surface area contributed by atoms with Crippen LogP contribution in [0.15, 0.2) is 42.7 Å². The van der Waals surface area contributed by atoms with E-state index in [4.69, 9.17) is 4.74 Å². The predicted molar refractivity (Wildman–Crippen MR) is 76.4 cm³/mol. The van der Waals surface area contributed by atoms with E-state index >= 15 is 0 Å². The number of nitrogens with zero attached hydrogens (tertiary/aromatic N) is 2. The van der Waals surface area contributed by atoms with Crippen LogP contribution in [0.4, 0.5) is 11.4 Å². The van der Waals surface area contributed by atoms with E-state index in [2.05, 4.69) is 4.98 Å². The van der Waals surface area contributed by atoms with Crippen LogP contribution in [0.5, 0.6) is 5.75 Å². The quantitative estimate of drug-likeness (QED) is 0.867. The van der Waals surface area contributed by atoms with Gasteiger partial charge < -0.3 is 14.7 Å². The molecule has 0 atom stereocenters. The van der Waals surface area contributed by atoms with Crippen molar-refractivity contribution in [2.75, 3.05) is 18.6 Å². The lowest BCUT2D eigenvalue weighted by Crippen LogP contribution is -2.12. The number of carbonyl (C=O) groups excluding carboxylic acids is 1. The van der Waals surface area contributed by atoms with Crippen molar-refractivity contribution in [3.63, 3.8) is 0 Å². The molecular weight excluding hydrogens is 256 g/mol. The number of ether oxygens (including phenoxy) is 1. The number of pyridine rings is 1. The standard InChI is InChI=1S/C15H16N2O3/c1-3-20-15(19)11-8-13(10-16-9-11)17(2)12-4-6-14(18)7-5-12/h4-10,18H,3H2,1-2H3. The van der Waals surface area contributed by atoms with Gasteiger partial charge in [0.2, 0.25) is 0 Å². The molecule has 0 unspecified atom stereocenters. The van der Waals surface area contributed by atoms with Crippen molar-refractivity contribution in [3.05, 3.63) is 48.3 Å². The second kappa shape index (κ2) is 6.06. The topological polar surface area (TPSA) is 62.7 Å². The Balaban J connectivity index is 2.26. The monoisotopic (exact) mass is 272 g/mol. The number of esters is 1. The van der Waals surface area contributed by atoms with E-state index in [0.29, 0.717) is 12.2 Å². The van der Waals surface area contributed by atoms with Crippen molar-refractivity contribution in [3.8, 4) is 5.75 Å². The molecule has 1 heterocycles. The molecule has 0 radical (unpaired) electrons. The van der Waals surface area contributed by atoms with Gasteiger partial charge in [-0.05, 0) is 37.3 Å². The van der Waals surface area contributed by atoms with Crippen molar-refractivity contribution in [1.82, 2.24) is 4.98 Å². The second-order valence-electron chi connectivity index (χ2n) is 4.23. The predicted octanol–water partition coefficient (Wildman–Crippen LogP) is 2.73. The summed E-state index contributed by atoms with van der Waals surface area (Å²) in [5.41, 5.74) is 2.06. The maximum absolute atomic E-state index is 11.7. The molecule has 0 aliphatic carbocycles. The zero-order valence-corrected chi connectivity index (χ0v) is 11.4. The summed E-state index contributed by atoms with van der Waals surface area (Å²) in [4.78, 5) is 17.6. The SMILES string of the molecule is CCOC(=O)c1cncc(N(C)c2ccc(O)cc2)c1. The van der Waals surface area contributed by atoms with Gasteiger partial charge in [-0.15, -0.1) is 0 Å². The van der Waals surface area contributed by atoms with Gasteiger partial charge >= 0.3 is 5.97 Å². The first kappa shape index (κ1) is 13.9. The number of carbonyl (C=O) groups is 1. The molecule has 1 aromatic heterocycles. The number of aromatic hydroxyl groups is 1. The summed E-state index contributed by atoms with van der Waals surface area (Å²) in [6.45, 7) is 2.09. The first-order chi connectivity index (χ1) is 9.61. The van der Waals surface area contributed by atoms with Gasteiger partial charge in [-0.3, -0.25) is 4.98 Å². The number of hydrogen-bond donors (Lipinski definition) is 1. The Morgan fingerprint density at radius 1 is 1.25 bits per heavy atom. The molecule has 0 bridgehead atoms. The van der Waals surface area contributed by atoms with E-state index in [0.717, 1.165) is 11.4 Å². The molecule has 0 aliphatic rings. The Bertz CT molecular complexity index is 596. The fraction of sp³-hybridized carbons (Fsp3) is 0.200. The summed E-state index contributed by atoms with van der Waals surface area (Å²) in [6.07, 6.45) is 3.14. The molecule has 1 N–H and O–H groups in total. The molecule has 104 valence electrons. The molecule has 2 rings (SSSR count). The van der Waals surface area contributed by atoms with Crippen molar-refractivity contribution in [2.24, 2.45) is 0 Å². The molecule has 5 nitrogen and oxygen atoms in total. The van der Waals surface area contributed by atoms with Gasteiger partial charge in [0, 0.05) is 18.9 Å². The van der Waals surface area contributed by atoms with E-state index in [1.54, 1.807) is 43.5 Å². The summed E-state index contributed by atoms with van der Waals surface area (Å²) in [7, 11) is 1.86. The summed E-state index contributed by atoms with van der Waals surface area (Å²) >= 11 is 0. The maximum atomic E-state index is 11.7. The third-order valence-electron chi connectivity index (χ3n) is 2.86. The van der Waals surface area contributed by atoms with Gasteiger partial charge in [-0.25, -0.2) is 4.79 Å². The second-order valence-corrected chi connectivity index (χ2v) is 4.23. The summed E-state index contributed by atoms with van der Waals surface area (Å²) in [5, 5.41) is 9.29. The molecule has 5 heteroatoms. The van der Waals surface area contributed by atoms with Crippen LogP contribution >= 0.6 is 0 Å². The molecule has 0 fully saturated rings. The summed E-state index contributed by atoms with van der Waals surface area (Å²) < 4.78 is 4.95. The van der Waals surface area contributed by atoms with Crippen LogP contribution in [0.25, 0.3) is 0 Å². The summed E-state index contributed by atoms with van der Waals surface area (Å²) in [6, 6.07) is 8.50. The van der Waals surface area contributed by atoms with Crippen molar-refractivity contribution >= 4 is 17.3 Å². The Morgan fingerprint density at radius 3 is 2.60 bits per heavy atom. The Kier molecular flexibility index (Phi) is 4.20. The van der Waals surface area contributed by atoms with Crippen LogP contribution in [0, 0.1) is 0 Å². The van der Waals surface area contributed by atoms with E-state index in [1.165, 1.54) is 6.20 Å². The minimum absolute atomic E-state index is 0.209. The zero-order valence-electron chi connectivity index (χ0n) is 11.4. The lowest BCUT2D eigenvalue weighted by molar-refractivity contribution is 0.0526. The highest BCUT2D eigenvalue weighted by Crippen LogP contribution is 2.25. The van der Waals surface area contributed by atoms with Crippen molar-refractivity contribution in [2.45, 2.75) is 6.92 Å². The Morgan fingerprint density at radius 2 is 1.95 bits per heavy atom. The molecule has 0 aliphatic heterocycles. The average molecular weight is 272 g/mol. The van der Waals surface area contributed by atoms with Crippen molar-refractivity contribution < 1.29 is 14.6 Å². The van der Waals surface area contributed by atoms with Gasteiger partial charge in [-0.2, -0.15) is 0 Å². The third-order valence-corrected chi connectivity index (χ3v) is 2.86. The number of anilines is 2. The van der Waals surface area contributed by atoms with Crippen LogP contribution in [0.2, 0.25) is 0 Å². The van der Waals surface area contributed by atoms with Gasteiger partial charge in [-0.1, -0.05) is 0 Å². The first-order valence-electron chi connectivity index (χ1n) is 6.26. The van der Waals surface area contributed by atoms with Crippen LogP contribution in [0.3, 0.4) is 0 Å². The largest absolute Gasteiger partial charge is 0.508 e. The first-order valence-corrected chi connectivity index (χ1v) is 6.26. The summed E-state index contributed by atoms with van der Waals surface area (Å²) in [5.74, 6) is -0.179. The average Bonchev–Trinajstić information content (AvgIpc) is 2.48. The molecular formula is C15H16N2O3. The molecule has 0 amide bonds. The van der Waals surface area contributed by atoms with E-state index in [9.17, 15) is 9.90 Å². The molecule has 2 aromatic rings. The minimum Gasteiger partial charge on any atom is -0.508 e. The van der Waals surface area contributed by atoms with E-state index in [1.807, 2.05) is 11.9 Å². The number of benzene rings is 1. The van der Waals surface area contributed by atoms with Crippen LogP contribution < -0.4 is 4.90 Å². The minimum atomic E-state index is -0.388. The smallest absolute Gasteiger partial charge is 0.339 e. The number of phenolic OH excluding ortho intramolecular Hbond substituents is 1. The molecule has 1 aromatic carbocycles. The highest BCUT2D eigenvalue weighted by atomic mass is 16.5. The molecule has 20 heavy (non-hydrogen) atoms. The van der Waals surface area contributed by atoms with E-state index < -0.39 is 0 Å². The fourth-order valence-corrected chi connectivity index (χ4v) is 1.76. The normalized spacial score (nSPS) is 10.1. The number of phenols is 1. The third kappa shape index (κ3) is 3.06. The van der Waals surface area contributed by atoms with Crippen LogP contribution in [0.1, 0.15) is 17.3 Å². The van der Waals surface area contributed by atoms with Crippen molar-refractivity contribution in [1.29, 1.82) is 0 Å². The number of aromatic nitrogens is 1. The zero-order chi connectivity index (χ0) is 14.5. The van der Waals surface area contributed by atoms with Crippen LogP contribution in [-0.2, 0) is 4.74 Å². The molecule has 0 spiro atoms. The van der Waals surface area contributed by atoms with Crippen LogP contribution in [-0.4, -0.2) is 29.7 Å². The number of rotatable bonds is 4. The lowest BCUT2D eigenvalue weighted by atomic mass is 10.2. The lowest BCUT2D eigenvalue weighted by Gasteiger charge is -2.19. The maximum Gasteiger partial charge on any atom is 0.339 e. The Hall–Kier alpha value is -2.56. The van der Waals surface area contributed by atoms with Gasteiger partial charge in [0.15, 0.2) is 0 Å². The fourth-order valence-electron chi connectivity index (χ4n) is 1.76. The van der Waals surface area contributed by atoms with Gasteiger partial charge in [0.1, 0.15) is 5.75 Å². The highest BCUT2D eigenvalue weighted by molar-refractivity contribution is 5.90. The molecule has 0 saturated heterocycles. The van der Waals surface area contributed by atoms with E-state index in [-0.39, 0.29) is 11.7 Å². The van der Waals surface area contributed by atoms with Gasteiger partial charge in [0.25, 0.3) is 0 Å². The highest BCUT2D eigenvalue weighted by Gasteiger charge is 2.10.